The van der Waals surface area contributed by atoms with Crippen molar-refractivity contribution in [1.82, 2.24) is 4.31 Å². The molecule has 1 aromatic carbocycles. The Morgan fingerprint density at radius 2 is 1.95 bits per heavy atom. The molecule has 118 valence electrons. The molecule has 1 fully saturated rings. The Kier molecular flexibility index (Phi) is 5.07. The van der Waals surface area contributed by atoms with Gasteiger partial charge < -0.3 is 5.73 Å². The molecule has 5 heteroatoms. The summed E-state index contributed by atoms with van der Waals surface area (Å²) in [6.07, 6.45) is 4.13. The van der Waals surface area contributed by atoms with Gasteiger partial charge in [0.1, 0.15) is 0 Å². The van der Waals surface area contributed by atoms with E-state index < -0.39 is 10.0 Å². The summed E-state index contributed by atoms with van der Waals surface area (Å²) in [5, 5.41) is 0. The molecule has 0 aliphatic carbocycles. The molecular formula is C16H26N2O2S. The third kappa shape index (κ3) is 4.05. The van der Waals surface area contributed by atoms with E-state index in [1.165, 1.54) is 22.9 Å². The van der Waals surface area contributed by atoms with E-state index in [9.17, 15) is 8.42 Å². The summed E-state index contributed by atoms with van der Waals surface area (Å²) in [7, 11) is -3.08. The molecule has 1 aliphatic heterocycles. The number of piperidine rings is 1. The van der Waals surface area contributed by atoms with Crippen molar-refractivity contribution < 1.29 is 8.42 Å². The lowest BCUT2D eigenvalue weighted by Gasteiger charge is -2.32. The van der Waals surface area contributed by atoms with Gasteiger partial charge >= 0.3 is 0 Å². The second-order valence-corrected chi connectivity index (χ2v) is 8.26. The number of rotatable bonds is 4. The average molecular weight is 310 g/mol. The van der Waals surface area contributed by atoms with E-state index >= 15 is 0 Å². The highest BCUT2D eigenvalue weighted by molar-refractivity contribution is 7.88. The lowest BCUT2D eigenvalue weighted by molar-refractivity contribution is 0.247. The van der Waals surface area contributed by atoms with Crippen molar-refractivity contribution in [2.45, 2.75) is 39.2 Å². The zero-order valence-corrected chi connectivity index (χ0v) is 14.0. The zero-order valence-electron chi connectivity index (χ0n) is 13.2. The van der Waals surface area contributed by atoms with Crippen LogP contribution in [0.2, 0.25) is 0 Å². The second kappa shape index (κ2) is 6.46. The van der Waals surface area contributed by atoms with Gasteiger partial charge in [-0.3, -0.25) is 0 Å². The highest BCUT2D eigenvalue weighted by Crippen LogP contribution is 2.30. The Morgan fingerprint density at radius 3 is 2.52 bits per heavy atom. The van der Waals surface area contributed by atoms with Gasteiger partial charge in [-0.2, -0.15) is 0 Å². The lowest BCUT2D eigenvalue weighted by Crippen LogP contribution is -2.40. The summed E-state index contributed by atoms with van der Waals surface area (Å²) in [6, 6.07) is 6.21. The van der Waals surface area contributed by atoms with Crippen molar-refractivity contribution in [3.8, 4) is 0 Å². The first-order valence-corrected chi connectivity index (χ1v) is 9.40. The summed E-state index contributed by atoms with van der Waals surface area (Å²) in [4.78, 5) is 0. The molecule has 2 rings (SSSR count). The number of hydrogen-bond acceptors (Lipinski definition) is 3. The quantitative estimate of drug-likeness (QED) is 0.928. The van der Waals surface area contributed by atoms with Gasteiger partial charge in [-0.25, -0.2) is 12.7 Å². The molecule has 21 heavy (non-hydrogen) atoms. The fourth-order valence-electron chi connectivity index (χ4n) is 3.41. The predicted molar refractivity (Wildman–Crippen MR) is 86.6 cm³/mol. The molecule has 2 N–H and O–H groups in total. The molecule has 1 saturated heterocycles. The van der Waals surface area contributed by atoms with Crippen LogP contribution >= 0.6 is 0 Å². The van der Waals surface area contributed by atoms with Gasteiger partial charge in [0.2, 0.25) is 10.0 Å². The summed E-state index contributed by atoms with van der Waals surface area (Å²) in [6.45, 7) is 5.43. The molecule has 0 radical (unpaired) electrons. The van der Waals surface area contributed by atoms with Crippen molar-refractivity contribution in [3.63, 3.8) is 0 Å². The van der Waals surface area contributed by atoms with E-state index in [2.05, 4.69) is 26.0 Å². The maximum atomic E-state index is 11.7. The molecule has 0 aromatic heterocycles. The maximum absolute atomic E-state index is 11.7. The van der Waals surface area contributed by atoms with E-state index in [4.69, 9.17) is 5.73 Å². The predicted octanol–water partition coefficient (Wildman–Crippen LogP) is 2.36. The Morgan fingerprint density at radius 1 is 1.33 bits per heavy atom. The zero-order chi connectivity index (χ0) is 15.6. The standard InChI is InChI=1S/C16H26N2O2S/c1-12-6-4-7-13(2)16(12)15(17)10-14-8-5-9-18(11-14)21(3,19)20/h4,6-7,14-15H,5,8-11,17H2,1-3H3. The molecule has 0 spiro atoms. The van der Waals surface area contributed by atoms with Gasteiger partial charge in [0.15, 0.2) is 0 Å². The minimum Gasteiger partial charge on any atom is -0.324 e. The molecule has 1 aliphatic rings. The third-order valence-corrected chi connectivity index (χ3v) is 5.72. The minimum absolute atomic E-state index is 0.0179. The van der Waals surface area contributed by atoms with Crippen LogP contribution in [0.4, 0.5) is 0 Å². The number of hydrogen-bond donors (Lipinski definition) is 1. The van der Waals surface area contributed by atoms with Crippen LogP contribution in [-0.2, 0) is 10.0 Å². The Bertz CT molecular complexity index is 578. The first-order chi connectivity index (χ1) is 9.79. The number of nitrogens with two attached hydrogens (primary N) is 1. The van der Waals surface area contributed by atoms with Gasteiger partial charge in [-0.05, 0) is 55.7 Å². The fraction of sp³-hybridized carbons (Fsp3) is 0.625. The number of sulfonamides is 1. The van der Waals surface area contributed by atoms with Crippen molar-refractivity contribution in [3.05, 3.63) is 34.9 Å². The highest BCUT2D eigenvalue weighted by Gasteiger charge is 2.27. The lowest BCUT2D eigenvalue weighted by atomic mass is 9.87. The van der Waals surface area contributed by atoms with Crippen LogP contribution in [-0.4, -0.2) is 32.1 Å². The Hall–Kier alpha value is -0.910. The van der Waals surface area contributed by atoms with E-state index in [1.54, 1.807) is 4.31 Å². The van der Waals surface area contributed by atoms with Gasteiger partial charge in [0.25, 0.3) is 0 Å². The molecule has 0 bridgehead atoms. The molecule has 0 amide bonds. The van der Waals surface area contributed by atoms with Gasteiger partial charge in [0.05, 0.1) is 6.26 Å². The second-order valence-electron chi connectivity index (χ2n) is 6.28. The van der Waals surface area contributed by atoms with Gasteiger partial charge in [-0.15, -0.1) is 0 Å². The van der Waals surface area contributed by atoms with E-state index in [-0.39, 0.29) is 6.04 Å². The molecule has 0 saturated carbocycles. The summed E-state index contributed by atoms with van der Waals surface area (Å²) in [5.74, 6) is 0.350. The molecule has 1 heterocycles. The van der Waals surface area contributed by atoms with E-state index in [0.717, 1.165) is 19.3 Å². The van der Waals surface area contributed by atoms with Crippen molar-refractivity contribution in [1.29, 1.82) is 0 Å². The average Bonchev–Trinajstić information content (AvgIpc) is 2.37. The Balaban J connectivity index is 2.07. The first kappa shape index (κ1) is 16.5. The monoisotopic (exact) mass is 310 g/mol. The van der Waals surface area contributed by atoms with Crippen LogP contribution in [0, 0.1) is 19.8 Å². The largest absolute Gasteiger partial charge is 0.324 e. The topological polar surface area (TPSA) is 63.4 Å². The van der Waals surface area contributed by atoms with E-state index in [0.29, 0.717) is 19.0 Å². The van der Waals surface area contributed by atoms with Crippen LogP contribution in [0.15, 0.2) is 18.2 Å². The molecule has 4 nitrogen and oxygen atoms in total. The summed E-state index contributed by atoms with van der Waals surface area (Å²) in [5.41, 5.74) is 10.1. The fourth-order valence-corrected chi connectivity index (χ4v) is 4.35. The van der Waals surface area contributed by atoms with Crippen LogP contribution < -0.4 is 5.73 Å². The van der Waals surface area contributed by atoms with Crippen molar-refractivity contribution in [2.24, 2.45) is 11.7 Å². The van der Waals surface area contributed by atoms with Crippen LogP contribution in [0.3, 0.4) is 0 Å². The SMILES string of the molecule is Cc1cccc(C)c1C(N)CC1CCCN(S(C)(=O)=O)C1. The minimum atomic E-state index is -3.08. The van der Waals surface area contributed by atoms with Crippen LogP contribution in [0.5, 0.6) is 0 Å². The van der Waals surface area contributed by atoms with Crippen LogP contribution in [0.1, 0.15) is 42.0 Å². The first-order valence-electron chi connectivity index (χ1n) is 7.56. The molecule has 2 atom stereocenters. The number of nitrogens with zero attached hydrogens (tertiary/aromatic N) is 1. The van der Waals surface area contributed by atoms with Gasteiger partial charge in [0, 0.05) is 19.1 Å². The summed E-state index contributed by atoms with van der Waals surface area (Å²) >= 11 is 0. The van der Waals surface area contributed by atoms with Crippen molar-refractivity contribution >= 4 is 10.0 Å². The van der Waals surface area contributed by atoms with E-state index in [1.807, 2.05) is 6.07 Å². The Labute approximate surface area is 128 Å². The normalized spacial score (nSPS) is 22.2. The van der Waals surface area contributed by atoms with Gasteiger partial charge in [-0.1, -0.05) is 18.2 Å². The number of aryl methyl sites for hydroxylation is 2. The third-order valence-electron chi connectivity index (χ3n) is 4.45. The molecular weight excluding hydrogens is 284 g/mol. The maximum Gasteiger partial charge on any atom is 0.211 e. The highest BCUT2D eigenvalue weighted by atomic mass is 32.2. The number of benzene rings is 1. The smallest absolute Gasteiger partial charge is 0.211 e. The summed E-state index contributed by atoms with van der Waals surface area (Å²) < 4.78 is 25.0. The van der Waals surface area contributed by atoms with Crippen LogP contribution in [0.25, 0.3) is 0 Å². The molecule has 1 aromatic rings. The van der Waals surface area contributed by atoms with Crippen molar-refractivity contribution in [2.75, 3.05) is 19.3 Å². The molecule has 2 unspecified atom stereocenters.